The van der Waals surface area contributed by atoms with Crippen LogP contribution in [0.2, 0.25) is 0 Å². The third-order valence-corrected chi connectivity index (χ3v) is 5.72. The van der Waals surface area contributed by atoms with Crippen molar-refractivity contribution < 1.29 is 13.3 Å². The molecule has 0 aliphatic carbocycles. The van der Waals surface area contributed by atoms with Crippen LogP contribution >= 0.6 is 0 Å². The molecule has 0 aromatic carbocycles. The van der Waals surface area contributed by atoms with Crippen LogP contribution < -0.4 is 0 Å². The summed E-state index contributed by atoms with van der Waals surface area (Å²) < 4.78 is 17.8. The van der Waals surface area contributed by atoms with Crippen molar-refractivity contribution in [2.24, 2.45) is 0 Å². The fourth-order valence-corrected chi connectivity index (χ4v) is 3.89. The minimum atomic E-state index is -1.52. The molecule has 0 saturated carbocycles. The van der Waals surface area contributed by atoms with Gasteiger partial charge in [0.25, 0.3) is 0 Å². The molecule has 0 aromatic rings. The second-order valence-corrected chi connectivity index (χ2v) is 8.40. The van der Waals surface area contributed by atoms with E-state index in [1.165, 1.54) is 77.0 Å². The second-order valence-electron chi connectivity index (χ2n) is 7.04. The predicted molar refractivity (Wildman–Crippen MR) is 110 cm³/mol. The van der Waals surface area contributed by atoms with Crippen molar-refractivity contribution in [1.29, 1.82) is 0 Å². The molecule has 3 nitrogen and oxygen atoms in total. The van der Waals surface area contributed by atoms with Crippen LogP contribution in [0.25, 0.3) is 0 Å². The van der Waals surface area contributed by atoms with E-state index in [1.54, 1.807) is 0 Å². The van der Waals surface area contributed by atoms with Gasteiger partial charge in [0.05, 0.1) is 0 Å². The van der Waals surface area contributed by atoms with Gasteiger partial charge in [-0.2, -0.15) is 0 Å². The predicted octanol–water partition coefficient (Wildman–Crippen LogP) is 6.93. The lowest BCUT2D eigenvalue weighted by Gasteiger charge is -2.15. The molecule has 0 aromatic heterocycles. The van der Waals surface area contributed by atoms with Crippen molar-refractivity contribution >= 4 is 9.53 Å². The first-order chi connectivity index (χ1) is 12.3. The first-order valence-corrected chi connectivity index (χ1v) is 12.3. The average Bonchev–Trinajstić information content (AvgIpc) is 2.63. The van der Waals surface area contributed by atoms with Crippen LogP contribution in [0.15, 0.2) is 0 Å². The summed E-state index contributed by atoms with van der Waals surface area (Å²) in [4.78, 5) is 0. The van der Waals surface area contributed by atoms with E-state index in [0.717, 1.165) is 39.1 Å². The Labute approximate surface area is 160 Å². The van der Waals surface area contributed by atoms with Gasteiger partial charge < -0.3 is 13.3 Å². The largest absolute Gasteiger partial charge is 0.577 e. The molecule has 0 aliphatic heterocycles. The SMILES string of the molecule is CCCCCCCO[Si](OCCCCCCC)OCCCCCCC. The van der Waals surface area contributed by atoms with Crippen LogP contribution in [-0.4, -0.2) is 29.3 Å². The Morgan fingerprint density at radius 2 is 0.680 bits per heavy atom. The molecule has 1 radical (unpaired) electrons. The van der Waals surface area contributed by atoms with Gasteiger partial charge in [0, 0.05) is 19.8 Å². The molecule has 0 heterocycles. The maximum absolute atomic E-state index is 5.94. The van der Waals surface area contributed by atoms with Crippen LogP contribution in [0, 0.1) is 0 Å². The normalized spacial score (nSPS) is 11.5. The Morgan fingerprint density at radius 3 is 0.960 bits per heavy atom. The van der Waals surface area contributed by atoms with E-state index in [1.807, 2.05) is 0 Å². The van der Waals surface area contributed by atoms with Gasteiger partial charge >= 0.3 is 9.53 Å². The van der Waals surface area contributed by atoms with E-state index in [0.29, 0.717) is 0 Å². The molecular weight excluding hydrogens is 328 g/mol. The molecule has 151 valence electrons. The van der Waals surface area contributed by atoms with Crippen molar-refractivity contribution in [2.45, 2.75) is 117 Å². The highest BCUT2D eigenvalue weighted by Gasteiger charge is 2.18. The van der Waals surface area contributed by atoms with Gasteiger partial charge in [0.1, 0.15) is 0 Å². The second kappa shape index (κ2) is 22.1. The van der Waals surface area contributed by atoms with E-state index >= 15 is 0 Å². The van der Waals surface area contributed by atoms with E-state index in [4.69, 9.17) is 13.3 Å². The zero-order chi connectivity index (χ0) is 18.4. The minimum absolute atomic E-state index is 0.795. The number of unbranched alkanes of at least 4 members (excludes halogenated alkanes) is 12. The maximum Gasteiger partial charge on any atom is 0.577 e. The molecule has 0 unspecified atom stereocenters. The monoisotopic (exact) mass is 373 g/mol. The highest BCUT2D eigenvalue weighted by molar-refractivity contribution is 6.36. The van der Waals surface area contributed by atoms with E-state index in [9.17, 15) is 0 Å². The lowest BCUT2D eigenvalue weighted by Crippen LogP contribution is -2.28. The third-order valence-electron chi connectivity index (χ3n) is 4.40. The number of hydrogen-bond donors (Lipinski definition) is 0. The Morgan fingerprint density at radius 1 is 0.400 bits per heavy atom. The topological polar surface area (TPSA) is 27.7 Å². The van der Waals surface area contributed by atoms with Crippen molar-refractivity contribution in [3.05, 3.63) is 0 Å². The molecule has 25 heavy (non-hydrogen) atoms. The minimum Gasteiger partial charge on any atom is -0.371 e. The zero-order valence-electron chi connectivity index (χ0n) is 17.5. The van der Waals surface area contributed by atoms with Crippen molar-refractivity contribution in [3.63, 3.8) is 0 Å². The van der Waals surface area contributed by atoms with Gasteiger partial charge in [-0.3, -0.25) is 0 Å². The Bertz CT molecular complexity index is 201. The molecular formula is C21H45O3Si. The molecule has 0 aliphatic rings. The molecule has 0 amide bonds. The van der Waals surface area contributed by atoms with Crippen LogP contribution in [0.1, 0.15) is 117 Å². The van der Waals surface area contributed by atoms with Crippen LogP contribution in [0.3, 0.4) is 0 Å². The molecule has 0 spiro atoms. The smallest absolute Gasteiger partial charge is 0.371 e. The highest BCUT2D eigenvalue weighted by atomic mass is 28.3. The van der Waals surface area contributed by atoms with Crippen molar-refractivity contribution in [1.82, 2.24) is 0 Å². The lowest BCUT2D eigenvalue weighted by molar-refractivity contribution is 0.0885. The average molecular weight is 374 g/mol. The summed E-state index contributed by atoms with van der Waals surface area (Å²) in [5, 5.41) is 0. The van der Waals surface area contributed by atoms with E-state index < -0.39 is 9.53 Å². The third kappa shape index (κ3) is 20.3. The van der Waals surface area contributed by atoms with Gasteiger partial charge in [-0.1, -0.05) is 97.8 Å². The van der Waals surface area contributed by atoms with Crippen LogP contribution in [0.4, 0.5) is 0 Å². The summed E-state index contributed by atoms with van der Waals surface area (Å²) in [6, 6.07) is 0. The fraction of sp³-hybridized carbons (Fsp3) is 1.00. The fourth-order valence-electron chi connectivity index (χ4n) is 2.71. The van der Waals surface area contributed by atoms with Gasteiger partial charge in [-0.05, 0) is 19.3 Å². The van der Waals surface area contributed by atoms with Crippen LogP contribution in [-0.2, 0) is 13.3 Å². The highest BCUT2D eigenvalue weighted by Crippen LogP contribution is 2.07. The molecule has 4 heteroatoms. The standard InChI is InChI=1S/C21H45O3Si/c1-4-7-10-13-16-19-22-25(23-20-17-14-11-8-5-2)24-21-18-15-12-9-6-3/h4-21H2,1-3H3. The summed E-state index contributed by atoms with van der Waals surface area (Å²) in [5.41, 5.74) is 0. The summed E-state index contributed by atoms with van der Waals surface area (Å²) in [5.74, 6) is 0. The maximum atomic E-state index is 5.94. The molecule has 0 atom stereocenters. The lowest BCUT2D eigenvalue weighted by atomic mass is 10.2. The molecule has 0 N–H and O–H groups in total. The van der Waals surface area contributed by atoms with Crippen molar-refractivity contribution in [2.75, 3.05) is 19.8 Å². The first kappa shape index (κ1) is 25.1. The van der Waals surface area contributed by atoms with Gasteiger partial charge in [0.2, 0.25) is 0 Å². The summed E-state index contributed by atoms with van der Waals surface area (Å²) in [6.07, 6.45) is 19.0. The Balaban J connectivity index is 3.76. The van der Waals surface area contributed by atoms with E-state index in [2.05, 4.69) is 20.8 Å². The number of rotatable bonds is 21. The van der Waals surface area contributed by atoms with Gasteiger partial charge in [-0.15, -0.1) is 0 Å². The first-order valence-electron chi connectivity index (χ1n) is 11.1. The summed E-state index contributed by atoms with van der Waals surface area (Å²) >= 11 is 0. The van der Waals surface area contributed by atoms with Gasteiger partial charge in [-0.25, -0.2) is 0 Å². The molecule has 0 bridgehead atoms. The summed E-state index contributed by atoms with van der Waals surface area (Å²) in [7, 11) is -1.52. The quantitative estimate of drug-likeness (QED) is 0.161. The Kier molecular flexibility index (Phi) is 22.2. The number of hydrogen-bond acceptors (Lipinski definition) is 3. The molecule has 0 rings (SSSR count). The summed E-state index contributed by atoms with van der Waals surface area (Å²) in [6.45, 7) is 9.14. The molecule has 0 saturated heterocycles. The van der Waals surface area contributed by atoms with Crippen molar-refractivity contribution in [3.8, 4) is 0 Å². The zero-order valence-corrected chi connectivity index (χ0v) is 18.5. The van der Waals surface area contributed by atoms with E-state index in [-0.39, 0.29) is 0 Å². The van der Waals surface area contributed by atoms with Gasteiger partial charge in [0.15, 0.2) is 0 Å². The Hall–Kier alpha value is 0.0969. The van der Waals surface area contributed by atoms with Crippen LogP contribution in [0.5, 0.6) is 0 Å². The molecule has 0 fully saturated rings.